The molecule has 1 aromatic rings. The number of benzene rings is 1. The number of aliphatic carboxylic acids is 1. The van der Waals surface area contributed by atoms with Crippen LogP contribution in [-0.4, -0.2) is 36.2 Å². The molecule has 1 amide bonds. The molecular formula is C13H15NO5. The molecule has 1 aliphatic rings. The summed E-state index contributed by atoms with van der Waals surface area (Å²) in [6.45, 7) is 2.61. The number of ether oxygens (including phenoxy) is 2. The van der Waals surface area contributed by atoms with Crippen molar-refractivity contribution in [3.05, 3.63) is 23.8 Å². The maximum atomic E-state index is 11.9. The number of amides is 1. The molecule has 1 heterocycles. The standard InChI is InChI=1S/C13H15NO5/c1-2-9(13(16)17)14-12(15)8-3-4-10-11(7-8)19-6-5-18-10/h3-4,7,9H,2,5-6H2,1H3,(H,14,15)(H,16,17)/t9-/m0/s1. The molecule has 0 radical (unpaired) electrons. The summed E-state index contributed by atoms with van der Waals surface area (Å²) in [7, 11) is 0. The molecule has 0 fully saturated rings. The molecule has 2 N–H and O–H groups in total. The van der Waals surface area contributed by atoms with Gasteiger partial charge in [0.25, 0.3) is 5.91 Å². The third-order valence-corrected chi connectivity index (χ3v) is 2.82. The maximum absolute atomic E-state index is 11.9. The first-order valence-corrected chi connectivity index (χ1v) is 6.05. The van der Waals surface area contributed by atoms with E-state index < -0.39 is 17.9 Å². The van der Waals surface area contributed by atoms with Crippen LogP contribution in [0.2, 0.25) is 0 Å². The molecule has 6 heteroatoms. The molecule has 2 rings (SSSR count). The second-order valence-electron chi connectivity index (χ2n) is 4.13. The van der Waals surface area contributed by atoms with Crippen LogP contribution >= 0.6 is 0 Å². The van der Waals surface area contributed by atoms with Crippen LogP contribution in [0.25, 0.3) is 0 Å². The number of rotatable bonds is 4. The first-order valence-electron chi connectivity index (χ1n) is 6.05. The van der Waals surface area contributed by atoms with Crippen LogP contribution in [0.4, 0.5) is 0 Å². The Morgan fingerprint density at radius 1 is 1.32 bits per heavy atom. The van der Waals surface area contributed by atoms with Gasteiger partial charge in [0.2, 0.25) is 0 Å². The van der Waals surface area contributed by atoms with Crippen LogP contribution in [0.15, 0.2) is 18.2 Å². The largest absolute Gasteiger partial charge is 0.486 e. The van der Waals surface area contributed by atoms with E-state index in [0.717, 1.165) is 0 Å². The quantitative estimate of drug-likeness (QED) is 0.850. The summed E-state index contributed by atoms with van der Waals surface area (Å²) in [6.07, 6.45) is 0.325. The Hall–Kier alpha value is -2.24. The van der Waals surface area contributed by atoms with Gasteiger partial charge in [0.15, 0.2) is 11.5 Å². The third kappa shape index (κ3) is 2.96. The van der Waals surface area contributed by atoms with Gasteiger partial charge in [-0.2, -0.15) is 0 Å². The number of carboxylic acids is 1. The average molecular weight is 265 g/mol. The summed E-state index contributed by atoms with van der Waals surface area (Å²) in [5, 5.41) is 11.4. The molecule has 19 heavy (non-hydrogen) atoms. The van der Waals surface area contributed by atoms with Gasteiger partial charge in [-0.3, -0.25) is 4.79 Å². The summed E-state index contributed by atoms with van der Waals surface area (Å²) >= 11 is 0. The van der Waals surface area contributed by atoms with Crippen molar-refractivity contribution in [2.45, 2.75) is 19.4 Å². The fourth-order valence-corrected chi connectivity index (χ4v) is 1.76. The first-order chi connectivity index (χ1) is 9.11. The molecule has 1 aliphatic heterocycles. The monoisotopic (exact) mass is 265 g/mol. The van der Waals surface area contributed by atoms with Crippen molar-refractivity contribution in [3.8, 4) is 11.5 Å². The van der Waals surface area contributed by atoms with Crippen molar-refractivity contribution >= 4 is 11.9 Å². The fraction of sp³-hybridized carbons (Fsp3) is 0.385. The van der Waals surface area contributed by atoms with Gasteiger partial charge in [-0.1, -0.05) is 6.92 Å². The third-order valence-electron chi connectivity index (χ3n) is 2.82. The van der Waals surface area contributed by atoms with Gasteiger partial charge in [0.1, 0.15) is 19.3 Å². The number of hydrogen-bond acceptors (Lipinski definition) is 4. The van der Waals surface area contributed by atoms with Crippen molar-refractivity contribution in [1.29, 1.82) is 0 Å². The van der Waals surface area contributed by atoms with E-state index in [1.54, 1.807) is 25.1 Å². The Morgan fingerprint density at radius 3 is 2.63 bits per heavy atom. The van der Waals surface area contributed by atoms with Gasteiger partial charge in [-0.25, -0.2) is 4.79 Å². The van der Waals surface area contributed by atoms with Crippen LogP contribution in [0.5, 0.6) is 11.5 Å². The smallest absolute Gasteiger partial charge is 0.326 e. The highest BCUT2D eigenvalue weighted by Crippen LogP contribution is 2.30. The summed E-state index contributed by atoms with van der Waals surface area (Å²) in [5.41, 5.74) is 0.351. The second kappa shape index (κ2) is 5.60. The molecule has 0 aliphatic carbocycles. The molecule has 102 valence electrons. The van der Waals surface area contributed by atoms with E-state index in [1.807, 2.05) is 0 Å². The molecule has 0 spiro atoms. The van der Waals surface area contributed by atoms with Crippen molar-refractivity contribution < 1.29 is 24.2 Å². The van der Waals surface area contributed by atoms with Gasteiger partial charge in [0.05, 0.1) is 0 Å². The number of hydrogen-bond donors (Lipinski definition) is 2. The van der Waals surface area contributed by atoms with Crippen LogP contribution < -0.4 is 14.8 Å². The zero-order valence-electron chi connectivity index (χ0n) is 10.5. The fourth-order valence-electron chi connectivity index (χ4n) is 1.76. The Morgan fingerprint density at radius 2 is 2.00 bits per heavy atom. The molecule has 0 aromatic heterocycles. The lowest BCUT2D eigenvalue weighted by atomic mass is 10.1. The van der Waals surface area contributed by atoms with Crippen molar-refractivity contribution in [3.63, 3.8) is 0 Å². The molecular weight excluding hydrogens is 250 g/mol. The highest BCUT2D eigenvalue weighted by molar-refractivity contribution is 5.97. The van der Waals surface area contributed by atoms with Gasteiger partial charge < -0.3 is 19.9 Å². The SMILES string of the molecule is CC[C@H](NC(=O)c1ccc2c(c1)OCCO2)C(=O)O. The summed E-state index contributed by atoms with van der Waals surface area (Å²) in [4.78, 5) is 22.8. The minimum Gasteiger partial charge on any atom is -0.486 e. The molecule has 0 saturated heterocycles. The minimum absolute atomic E-state index is 0.325. The lowest BCUT2D eigenvalue weighted by Crippen LogP contribution is -2.40. The average Bonchev–Trinajstić information content (AvgIpc) is 2.43. The van der Waals surface area contributed by atoms with Gasteiger partial charge >= 0.3 is 5.97 Å². The summed E-state index contributed by atoms with van der Waals surface area (Å²) < 4.78 is 10.7. The Kier molecular flexibility index (Phi) is 3.89. The lowest BCUT2D eigenvalue weighted by molar-refractivity contribution is -0.139. The molecule has 1 atom stereocenters. The Labute approximate surface area is 110 Å². The van der Waals surface area contributed by atoms with E-state index in [4.69, 9.17) is 14.6 Å². The summed E-state index contributed by atoms with van der Waals surface area (Å²) in [5.74, 6) is -0.394. The lowest BCUT2D eigenvalue weighted by Gasteiger charge is -2.19. The number of fused-ring (bicyclic) bond motifs is 1. The van der Waals surface area contributed by atoms with Crippen LogP contribution in [0.1, 0.15) is 23.7 Å². The Bertz CT molecular complexity index is 500. The molecule has 0 unspecified atom stereocenters. The number of carbonyl (C=O) groups excluding carboxylic acids is 1. The van der Waals surface area contributed by atoms with Gasteiger partial charge in [-0.15, -0.1) is 0 Å². The van der Waals surface area contributed by atoms with Crippen LogP contribution in [0.3, 0.4) is 0 Å². The predicted molar refractivity (Wildman–Crippen MR) is 66.6 cm³/mol. The Balaban J connectivity index is 2.13. The first kappa shape index (κ1) is 13.2. The van der Waals surface area contributed by atoms with Crippen molar-refractivity contribution in [1.82, 2.24) is 5.32 Å². The van der Waals surface area contributed by atoms with Gasteiger partial charge in [-0.05, 0) is 24.6 Å². The maximum Gasteiger partial charge on any atom is 0.326 e. The van der Waals surface area contributed by atoms with Gasteiger partial charge in [0, 0.05) is 5.56 Å². The van der Waals surface area contributed by atoms with E-state index in [2.05, 4.69) is 5.32 Å². The molecule has 0 saturated carbocycles. The topological polar surface area (TPSA) is 84.9 Å². The molecule has 6 nitrogen and oxygen atoms in total. The summed E-state index contributed by atoms with van der Waals surface area (Å²) in [6, 6.07) is 3.89. The number of carboxylic acid groups (broad SMARTS) is 1. The van der Waals surface area contributed by atoms with E-state index >= 15 is 0 Å². The minimum atomic E-state index is -1.05. The zero-order chi connectivity index (χ0) is 13.8. The molecule has 0 bridgehead atoms. The highest BCUT2D eigenvalue weighted by Gasteiger charge is 2.20. The predicted octanol–water partition coefficient (Wildman–Crippen LogP) is 1.05. The normalized spacial score (nSPS) is 14.6. The van der Waals surface area contributed by atoms with Crippen LogP contribution in [0, 0.1) is 0 Å². The molecule has 1 aromatic carbocycles. The van der Waals surface area contributed by atoms with E-state index in [1.165, 1.54) is 0 Å². The number of nitrogens with one attached hydrogen (secondary N) is 1. The highest BCUT2D eigenvalue weighted by atomic mass is 16.6. The van der Waals surface area contributed by atoms with E-state index in [9.17, 15) is 9.59 Å². The van der Waals surface area contributed by atoms with Crippen molar-refractivity contribution in [2.24, 2.45) is 0 Å². The van der Waals surface area contributed by atoms with Crippen molar-refractivity contribution in [2.75, 3.05) is 13.2 Å². The van der Waals surface area contributed by atoms with E-state index in [-0.39, 0.29) is 0 Å². The number of carbonyl (C=O) groups is 2. The van der Waals surface area contributed by atoms with Crippen LogP contribution in [-0.2, 0) is 4.79 Å². The second-order valence-corrected chi connectivity index (χ2v) is 4.13. The van der Waals surface area contributed by atoms with E-state index in [0.29, 0.717) is 36.7 Å². The zero-order valence-corrected chi connectivity index (χ0v) is 10.5.